The van der Waals surface area contributed by atoms with Crippen LogP contribution in [-0.2, 0) is 27.4 Å². The molecule has 33 heavy (non-hydrogen) atoms. The van der Waals surface area contributed by atoms with Crippen molar-refractivity contribution in [3.05, 3.63) is 53.2 Å². The second-order valence-corrected chi connectivity index (χ2v) is 9.96. The molecule has 11 heteroatoms. The minimum atomic E-state index is -4.48. The summed E-state index contributed by atoms with van der Waals surface area (Å²) < 4.78 is 66.2. The molecule has 1 unspecified atom stereocenters. The molecule has 0 spiro atoms. The number of aryl methyl sites for hydroxylation is 1. The number of fused-ring (bicyclic) bond motifs is 1. The van der Waals surface area contributed by atoms with Crippen molar-refractivity contribution in [1.29, 1.82) is 0 Å². The van der Waals surface area contributed by atoms with Gasteiger partial charge in [0, 0.05) is 32.9 Å². The third-order valence-electron chi connectivity index (χ3n) is 5.76. The van der Waals surface area contributed by atoms with Crippen LogP contribution < -0.4 is 4.90 Å². The van der Waals surface area contributed by atoms with E-state index in [9.17, 15) is 31.5 Å². The molecule has 0 fully saturated rings. The van der Waals surface area contributed by atoms with Gasteiger partial charge in [-0.2, -0.15) is 17.5 Å². The number of carboxylic acids is 1. The summed E-state index contributed by atoms with van der Waals surface area (Å²) in [6.45, 7) is 2.39. The van der Waals surface area contributed by atoms with Crippen LogP contribution in [0, 0.1) is 0 Å². The lowest BCUT2D eigenvalue weighted by atomic mass is 10.0. The van der Waals surface area contributed by atoms with Crippen molar-refractivity contribution in [2.45, 2.75) is 43.2 Å². The Kier molecular flexibility index (Phi) is 7.32. The number of likely N-dealkylation sites (N-methyl/N-ethyl adjacent to an activating group) is 1. The van der Waals surface area contributed by atoms with Gasteiger partial charge in [-0.15, -0.1) is 0 Å². The van der Waals surface area contributed by atoms with E-state index in [2.05, 4.69) is 4.98 Å². The van der Waals surface area contributed by atoms with Gasteiger partial charge < -0.3 is 10.0 Å². The van der Waals surface area contributed by atoms with E-state index in [0.717, 1.165) is 17.8 Å². The van der Waals surface area contributed by atoms with Gasteiger partial charge in [0.1, 0.15) is 5.82 Å². The summed E-state index contributed by atoms with van der Waals surface area (Å²) in [7, 11) is -2.27. The van der Waals surface area contributed by atoms with E-state index < -0.39 is 33.7 Å². The summed E-state index contributed by atoms with van der Waals surface area (Å²) in [6, 6.07) is 6.81. The standard InChI is InChI=1S/C22H26F3N3O4S/c1-3-10-28(12-11-27(2)20-9-6-16(14-26-20)22(23,24)25)33(31,32)17-7-4-15-5-8-18(21(29)30)19(15)13-17/h4,6-7,9,13-14,18H,3,5,8,10-12H2,1-2H3,(H,29,30). The number of halogens is 3. The molecule has 1 heterocycles. The lowest BCUT2D eigenvalue weighted by Crippen LogP contribution is -2.38. The molecule has 0 radical (unpaired) electrons. The minimum Gasteiger partial charge on any atom is -0.481 e. The SMILES string of the molecule is CCCN(CCN(C)c1ccc(C(F)(F)F)cn1)S(=O)(=O)c1ccc2c(c1)C(C(=O)O)CC2. The van der Waals surface area contributed by atoms with Crippen molar-refractivity contribution < 1.29 is 31.5 Å². The van der Waals surface area contributed by atoms with Crippen LogP contribution in [0.15, 0.2) is 41.4 Å². The molecule has 0 amide bonds. The molecule has 1 aromatic heterocycles. The summed E-state index contributed by atoms with van der Waals surface area (Å²) >= 11 is 0. The maximum atomic E-state index is 13.3. The van der Waals surface area contributed by atoms with Gasteiger partial charge in [-0.1, -0.05) is 13.0 Å². The number of pyridine rings is 1. The predicted molar refractivity (Wildman–Crippen MR) is 117 cm³/mol. The van der Waals surface area contributed by atoms with Crippen molar-refractivity contribution in [3.63, 3.8) is 0 Å². The second-order valence-electron chi connectivity index (χ2n) is 8.02. The first-order valence-electron chi connectivity index (χ1n) is 10.5. The molecule has 0 bridgehead atoms. The fourth-order valence-electron chi connectivity index (χ4n) is 3.90. The average Bonchev–Trinajstić information content (AvgIpc) is 3.19. The first-order valence-corrected chi connectivity index (χ1v) is 12.0. The Morgan fingerprint density at radius 2 is 1.91 bits per heavy atom. The number of sulfonamides is 1. The first kappa shape index (κ1) is 25.0. The number of nitrogens with zero attached hydrogens (tertiary/aromatic N) is 3. The Balaban J connectivity index is 1.77. The molecular formula is C22H26F3N3O4S. The zero-order valence-electron chi connectivity index (χ0n) is 18.3. The lowest BCUT2D eigenvalue weighted by molar-refractivity contribution is -0.139. The van der Waals surface area contributed by atoms with Crippen LogP contribution in [0.1, 0.15) is 42.4 Å². The number of carboxylic acid groups (broad SMARTS) is 1. The summed E-state index contributed by atoms with van der Waals surface area (Å²) in [5.41, 5.74) is 0.522. The maximum absolute atomic E-state index is 13.3. The van der Waals surface area contributed by atoms with Gasteiger partial charge in [0.05, 0.1) is 16.4 Å². The minimum absolute atomic E-state index is 0.0400. The van der Waals surface area contributed by atoms with Gasteiger partial charge in [-0.25, -0.2) is 13.4 Å². The number of hydrogen-bond donors (Lipinski definition) is 1. The summed E-state index contributed by atoms with van der Waals surface area (Å²) in [6.07, 6.45) is -2.14. The average molecular weight is 486 g/mol. The van der Waals surface area contributed by atoms with Crippen LogP contribution in [0.3, 0.4) is 0 Å². The molecule has 3 rings (SSSR count). The molecule has 0 saturated heterocycles. The van der Waals surface area contributed by atoms with E-state index in [1.165, 1.54) is 22.5 Å². The van der Waals surface area contributed by atoms with Crippen LogP contribution in [0.25, 0.3) is 0 Å². The number of alkyl halides is 3. The summed E-state index contributed by atoms with van der Waals surface area (Å²) in [5.74, 6) is -1.40. The highest BCUT2D eigenvalue weighted by molar-refractivity contribution is 7.89. The topological polar surface area (TPSA) is 90.8 Å². The van der Waals surface area contributed by atoms with Gasteiger partial charge in [-0.05, 0) is 54.7 Å². The normalized spacial score (nSPS) is 16.1. The highest BCUT2D eigenvalue weighted by atomic mass is 32.2. The first-order chi connectivity index (χ1) is 15.4. The highest BCUT2D eigenvalue weighted by Crippen LogP contribution is 2.35. The highest BCUT2D eigenvalue weighted by Gasteiger charge is 2.32. The number of aliphatic carboxylic acids is 1. The van der Waals surface area contributed by atoms with E-state index in [1.54, 1.807) is 18.0 Å². The Labute approximate surface area is 190 Å². The van der Waals surface area contributed by atoms with E-state index >= 15 is 0 Å². The molecule has 0 aliphatic heterocycles. The van der Waals surface area contributed by atoms with Crippen molar-refractivity contribution in [1.82, 2.24) is 9.29 Å². The Hall–Kier alpha value is -2.66. The van der Waals surface area contributed by atoms with Gasteiger partial charge in [0.2, 0.25) is 10.0 Å². The zero-order chi connectivity index (χ0) is 24.4. The van der Waals surface area contributed by atoms with Gasteiger partial charge in [0.15, 0.2) is 0 Å². The molecule has 0 saturated carbocycles. The number of hydrogen-bond acceptors (Lipinski definition) is 5. The predicted octanol–water partition coefficient (Wildman–Crippen LogP) is 3.75. The largest absolute Gasteiger partial charge is 0.481 e. The van der Waals surface area contributed by atoms with Gasteiger partial charge in [-0.3, -0.25) is 4.79 Å². The van der Waals surface area contributed by atoms with Crippen LogP contribution in [0.4, 0.5) is 19.0 Å². The number of rotatable bonds is 9. The lowest BCUT2D eigenvalue weighted by Gasteiger charge is -2.26. The number of carbonyl (C=O) groups is 1. The molecule has 1 atom stereocenters. The Morgan fingerprint density at radius 3 is 2.48 bits per heavy atom. The van der Waals surface area contributed by atoms with Crippen molar-refractivity contribution in [3.8, 4) is 0 Å². The smallest absolute Gasteiger partial charge is 0.417 e. The monoisotopic (exact) mass is 485 g/mol. The summed E-state index contributed by atoms with van der Waals surface area (Å²) in [5, 5.41) is 9.43. The van der Waals surface area contributed by atoms with Crippen molar-refractivity contribution in [2.24, 2.45) is 0 Å². The van der Waals surface area contributed by atoms with Gasteiger partial charge >= 0.3 is 12.1 Å². The molecule has 1 aromatic carbocycles. The van der Waals surface area contributed by atoms with E-state index in [4.69, 9.17) is 0 Å². The van der Waals surface area contributed by atoms with Crippen LogP contribution in [-0.4, -0.2) is 55.5 Å². The van der Waals surface area contributed by atoms with Crippen molar-refractivity contribution >= 4 is 21.8 Å². The molecule has 7 nitrogen and oxygen atoms in total. The third kappa shape index (κ3) is 5.47. The molecule has 2 aromatic rings. The quantitative estimate of drug-likeness (QED) is 0.582. The second kappa shape index (κ2) is 9.68. The van der Waals surface area contributed by atoms with E-state index in [1.807, 2.05) is 6.92 Å². The van der Waals surface area contributed by atoms with Crippen LogP contribution in [0.2, 0.25) is 0 Å². The molecule has 1 aliphatic rings. The molecule has 180 valence electrons. The number of anilines is 1. The fraction of sp³-hybridized carbons (Fsp3) is 0.455. The summed E-state index contributed by atoms with van der Waals surface area (Å²) in [4.78, 5) is 17.0. The van der Waals surface area contributed by atoms with Gasteiger partial charge in [0.25, 0.3) is 0 Å². The molecule has 1 N–H and O–H groups in total. The molecular weight excluding hydrogens is 459 g/mol. The Morgan fingerprint density at radius 1 is 1.18 bits per heavy atom. The third-order valence-corrected chi connectivity index (χ3v) is 7.65. The number of aromatic nitrogens is 1. The fourth-order valence-corrected chi connectivity index (χ4v) is 5.46. The van der Waals surface area contributed by atoms with E-state index in [0.29, 0.717) is 30.6 Å². The van der Waals surface area contributed by atoms with Crippen LogP contribution >= 0.6 is 0 Å². The van der Waals surface area contributed by atoms with Crippen LogP contribution in [0.5, 0.6) is 0 Å². The Bertz CT molecular complexity index is 1100. The van der Waals surface area contributed by atoms with Crippen molar-refractivity contribution in [2.75, 3.05) is 31.6 Å². The number of benzene rings is 1. The zero-order valence-corrected chi connectivity index (χ0v) is 19.2. The molecule has 1 aliphatic carbocycles. The maximum Gasteiger partial charge on any atom is 0.417 e. The van der Waals surface area contributed by atoms with E-state index in [-0.39, 0.29) is 24.5 Å².